The smallest absolute Gasteiger partial charge is 0.355 e. The Morgan fingerprint density at radius 1 is 0.920 bits per heavy atom. The monoisotopic (exact) mass is 1030 g/mol. The van der Waals surface area contributed by atoms with Crippen molar-refractivity contribution in [1.82, 2.24) is 30.0 Å². The Balaban J connectivity index is 0.765. The highest BCUT2D eigenvalue weighted by Gasteiger charge is 2.33. The van der Waals surface area contributed by atoms with Gasteiger partial charge in [0.1, 0.15) is 11.6 Å². The van der Waals surface area contributed by atoms with Gasteiger partial charge in [0, 0.05) is 48.8 Å². The van der Waals surface area contributed by atoms with Crippen molar-refractivity contribution in [1.29, 1.82) is 0 Å². The van der Waals surface area contributed by atoms with Crippen molar-refractivity contribution in [2.45, 2.75) is 91.0 Å². The second kappa shape index (κ2) is 21.0. The van der Waals surface area contributed by atoms with E-state index in [0.717, 1.165) is 81.3 Å². The summed E-state index contributed by atoms with van der Waals surface area (Å²) in [6.07, 6.45) is 4.27. The second-order valence-corrected chi connectivity index (χ2v) is 22.5. The van der Waals surface area contributed by atoms with Crippen LogP contribution in [0.2, 0.25) is 0 Å². The van der Waals surface area contributed by atoms with Crippen LogP contribution in [-0.4, -0.2) is 92.1 Å². The number of para-hydroxylation sites is 1. The molecule has 0 spiro atoms. The van der Waals surface area contributed by atoms with Gasteiger partial charge in [-0.1, -0.05) is 75.4 Å². The zero-order valence-corrected chi connectivity index (χ0v) is 44.1. The number of ether oxygens (including phenoxy) is 1. The molecule has 2 atom stereocenters. The van der Waals surface area contributed by atoms with Gasteiger partial charge in [-0.25, -0.2) is 14.8 Å². The molecule has 1 unspecified atom stereocenters. The summed E-state index contributed by atoms with van der Waals surface area (Å²) in [6.45, 7) is 13.8. The molecule has 10 rings (SSSR count). The van der Waals surface area contributed by atoms with E-state index in [4.69, 9.17) is 9.72 Å². The van der Waals surface area contributed by atoms with Crippen LogP contribution in [0.4, 0.5) is 16.6 Å². The number of nitrogens with one attached hydrogen (secondary N) is 3. The summed E-state index contributed by atoms with van der Waals surface area (Å²) in [6, 6.07) is 27.0. The molecule has 0 saturated carbocycles. The highest BCUT2D eigenvalue weighted by atomic mass is 32.1. The fourth-order valence-corrected chi connectivity index (χ4v) is 11.9. The van der Waals surface area contributed by atoms with Crippen LogP contribution in [0.1, 0.15) is 115 Å². The van der Waals surface area contributed by atoms with Gasteiger partial charge in [0.05, 0.1) is 40.5 Å². The molecule has 388 valence electrons. The van der Waals surface area contributed by atoms with Gasteiger partial charge in [0.15, 0.2) is 10.8 Å². The number of pyridine rings is 1. The molecule has 7 aromatic rings. The standard InChI is InChI=1S/C58H63N9O7S/c1-33(27-35-21-24-66(25-22-35)31-50(69)59-37-17-18-40-45(28-37)65(6)64-52(40)41-19-20-49(68)62-55(41)71)32-74-46-15-10-12-38(34(46)2)51-43(58(3,4)5)29-48(61-53(51)56(72)73)67-26-23-36-11-9-13-39(42(36)30-67)54(70)63-57-60-44-14-7-8-16-47(44)75-57/h7-18,28-29,33,35,41H,19-27,30-32H2,1-6H3,(H,59,69)(H,72,73)(H,60,63,70)(H,62,68,71)/t33-,41?/m1/s1. The third-order valence-electron chi connectivity index (χ3n) is 15.0. The Morgan fingerprint density at radius 2 is 1.71 bits per heavy atom. The second-order valence-electron chi connectivity index (χ2n) is 21.5. The number of benzene rings is 4. The Kier molecular flexibility index (Phi) is 14.3. The van der Waals surface area contributed by atoms with Crippen molar-refractivity contribution < 1.29 is 33.8 Å². The molecule has 16 nitrogen and oxygen atoms in total. The maximum absolute atomic E-state index is 13.8. The number of aryl methyl sites for hydroxylation is 1. The van der Waals surface area contributed by atoms with Crippen LogP contribution < -0.4 is 25.6 Å². The van der Waals surface area contributed by atoms with Gasteiger partial charge < -0.3 is 20.1 Å². The first-order chi connectivity index (χ1) is 36.0. The number of hydrogen-bond donors (Lipinski definition) is 4. The van der Waals surface area contributed by atoms with Gasteiger partial charge in [-0.05, 0) is 146 Å². The first kappa shape index (κ1) is 51.0. The number of anilines is 3. The molecule has 4 aromatic carbocycles. The SMILES string of the molecule is Cc1c(OC[C@H](C)CC2CCN(CC(=O)Nc3ccc4c(C5CCC(=O)NC5=O)nn(C)c4c3)CC2)cccc1-c1c(C(C)(C)C)cc(N2CCc3cccc(C(=O)Nc4nc5ccccc5s4)c3C2)nc1C(=O)O. The summed E-state index contributed by atoms with van der Waals surface area (Å²) in [7, 11) is 1.81. The van der Waals surface area contributed by atoms with Crippen molar-refractivity contribution in [3.63, 3.8) is 0 Å². The minimum absolute atomic E-state index is 0.0316. The molecule has 6 heterocycles. The fraction of sp³-hybridized carbons (Fsp3) is 0.379. The molecule has 3 aromatic heterocycles. The predicted molar refractivity (Wildman–Crippen MR) is 292 cm³/mol. The van der Waals surface area contributed by atoms with E-state index in [0.29, 0.717) is 77.7 Å². The zero-order valence-electron chi connectivity index (χ0n) is 43.3. The number of hydrogen-bond acceptors (Lipinski definition) is 12. The van der Waals surface area contributed by atoms with Crippen molar-refractivity contribution >= 4 is 78.7 Å². The van der Waals surface area contributed by atoms with Crippen molar-refractivity contribution in [2.24, 2.45) is 18.9 Å². The third kappa shape index (κ3) is 10.9. The van der Waals surface area contributed by atoms with E-state index in [2.05, 4.69) is 63.5 Å². The van der Waals surface area contributed by atoms with Gasteiger partial charge in [0.25, 0.3) is 5.91 Å². The summed E-state index contributed by atoms with van der Waals surface area (Å²) < 4.78 is 9.26. The van der Waals surface area contributed by atoms with E-state index < -0.39 is 17.3 Å². The van der Waals surface area contributed by atoms with Crippen LogP contribution in [0.15, 0.2) is 84.9 Å². The van der Waals surface area contributed by atoms with Crippen LogP contribution in [0.5, 0.6) is 5.75 Å². The number of thiazole rings is 1. The number of piperidine rings is 2. The van der Waals surface area contributed by atoms with E-state index >= 15 is 0 Å². The number of carboxylic acid groups (broad SMARTS) is 1. The van der Waals surface area contributed by atoms with E-state index in [-0.39, 0.29) is 48.2 Å². The number of likely N-dealkylation sites (tertiary alicyclic amines) is 1. The number of carbonyl (C=O) groups excluding carboxylic acids is 4. The van der Waals surface area contributed by atoms with Crippen LogP contribution in [0.3, 0.4) is 0 Å². The molecule has 4 N–H and O–H groups in total. The largest absolute Gasteiger partial charge is 0.493 e. The maximum Gasteiger partial charge on any atom is 0.355 e. The third-order valence-corrected chi connectivity index (χ3v) is 15.9. The first-order valence-corrected chi connectivity index (χ1v) is 26.7. The van der Waals surface area contributed by atoms with Crippen molar-refractivity contribution in [3.05, 3.63) is 124 Å². The van der Waals surface area contributed by atoms with Gasteiger partial charge >= 0.3 is 5.97 Å². The predicted octanol–water partition coefficient (Wildman–Crippen LogP) is 9.64. The first-order valence-electron chi connectivity index (χ1n) is 25.8. The van der Waals surface area contributed by atoms with E-state index in [1.807, 2.05) is 98.9 Å². The Bertz CT molecular complexity index is 3350. The van der Waals surface area contributed by atoms with Gasteiger partial charge in [-0.2, -0.15) is 5.10 Å². The molecule has 3 aliphatic rings. The zero-order chi connectivity index (χ0) is 52.7. The molecule has 0 radical (unpaired) electrons. The molecular formula is C58H63N9O7S. The van der Waals surface area contributed by atoms with Gasteiger partial charge in [-0.3, -0.25) is 39.4 Å². The van der Waals surface area contributed by atoms with E-state index in [9.17, 15) is 29.1 Å². The molecule has 2 fully saturated rings. The van der Waals surface area contributed by atoms with Crippen LogP contribution in [0.25, 0.3) is 32.2 Å². The normalized spacial score (nSPS) is 16.9. The lowest BCUT2D eigenvalue weighted by molar-refractivity contribution is -0.134. The van der Waals surface area contributed by atoms with Gasteiger partial charge in [-0.15, -0.1) is 0 Å². The number of imide groups is 1. The summed E-state index contributed by atoms with van der Waals surface area (Å²) in [4.78, 5) is 78.5. The highest BCUT2D eigenvalue weighted by molar-refractivity contribution is 7.22. The topological polar surface area (TPSA) is 201 Å². The lowest BCUT2D eigenvalue weighted by Crippen LogP contribution is -2.39. The van der Waals surface area contributed by atoms with Crippen LogP contribution in [0, 0.1) is 18.8 Å². The number of amides is 4. The fourth-order valence-electron chi connectivity index (χ4n) is 11.1. The number of fused-ring (bicyclic) bond motifs is 3. The van der Waals surface area contributed by atoms with E-state index in [1.165, 1.54) is 11.3 Å². The lowest BCUT2D eigenvalue weighted by Gasteiger charge is -2.33. The molecule has 17 heteroatoms. The number of carbonyl (C=O) groups is 5. The Hall–Kier alpha value is -7.50. The highest BCUT2D eigenvalue weighted by Crippen LogP contribution is 2.42. The molecule has 2 saturated heterocycles. The Labute approximate surface area is 439 Å². The van der Waals surface area contributed by atoms with Crippen molar-refractivity contribution in [3.8, 4) is 16.9 Å². The molecule has 3 aliphatic heterocycles. The van der Waals surface area contributed by atoms with Gasteiger partial charge in [0.2, 0.25) is 17.7 Å². The summed E-state index contributed by atoms with van der Waals surface area (Å²) >= 11 is 1.43. The molecule has 0 bridgehead atoms. The minimum Gasteiger partial charge on any atom is -0.493 e. The summed E-state index contributed by atoms with van der Waals surface area (Å²) in [5, 5.41) is 25.3. The minimum atomic E-state index is -1.12. The maximum atomic E-state index is 13.8. The molecule has 4 amide bonds. The number of carboxylic acids is 1. The summed E-state index contributed by atoms with van der Waals surface area (Å²) in [5.74, 6) is -0.575. The average Bonchev–Trinajstić information content (AvgIpc) is 3.95. The molecule has 0 aliphatic carbocycles. The van der Waals surface area contributed by atoms with Crippen molar-refractivity contribution in [2.75, 3.05) is 48.3 Å². The molecular weight excluding hydrogens is 967 g/mol. The number of aromatic nitrogens is 4. The van der Waals surface area contributed by atoms with Crippen LogP contribution in [-0.2, 0) is 39.8 Å². The van der Waals surface area contributed by atoms with Crippen LogP contribution >= 0.6 is 11.3 Å². The summed E-state index contributed by atoms with van der Waals surface area (Å²) in [5.41, 5.74) is 7.93. The quantitative estimate of drug-likeness (QED) is 0.0753. The number of aromatic carboxylic acids is 1. The van der Waals surface area contributed by atoms with E-state index in [1.54, 1.807) is 4.68 Å². The number of rotatable bonds is 14. The average molecular weight is 1030 g/mol. The Morgan fingerprint density at radius 3 is 2.47 bits per heavy atom. The lowest BCUT2D eigenvalue weighted by atomic mass is 9.80. The number of nitrogens with zero attached hydrogens (tertiary/aromatic N) is 6. The molecule has 75 heavy (non-hydrogen) atoms.